The van der Waals surface area contributed by atoms with Gasteiger partial charge in [-0.15, -0.1) is 0 Å². The van der Waals surface area contributed by atoms with Gasteiger partial charge in [0.05, 0.1) is 0 Å². The smallest absolute Gasteiger partial charge is 0.174 e. The van der Waals surface area contributed by atoms with Crippen LogP contribution in [0.4, 0.5) is 0 Å². The maximum atomic E-state index is 13.1. The van der Waals surface area contributed by atoms with Gasteiger partial charge in [0, 0.05) is 5.57 Å². The van der Waals surface area contributed by atoms with E-state index in [1.807, 2.05) is 13.8 Å². The molecule has 0 N–H and O–H groups in total. The quantitative estimate of drug-likeness (QED) is 0.613. The lowest BCUT2D eigenvalue weighted by Gasteiger charge is -2.37. The molecule has 2 heteroatoms. The van der Waals surface area contributed by atoms with E-state index in [0.717, 1.165) is 34.6 Å². The molecule has 2 aliphatic carbocycles. The van der Waals surface area contributed by atoms with Gasteiger partial charge in [0.2, 0.25) is 0 Å². The van der Waals surface area contributed by atoms with E-state index in [1.165, 1.54) is 31.2 Å². The van der Waals surface area contributed by atoms with Crippen molar-refractivity contribution < 1.29 is 9.59 Å². The Morgan fingerprint density at radius 2 is 1.48 bits per heavy atom. The summed E-state index contributed by atoms with van der Waals surface area (Å²) in [6.07, 6.45) is 7.26. The van der Waals surface area contributed by atoms with Crippen molar-refractivity contribution in [3.63, 3.8) is 0 Å². The average Bonchev–Trinajstić information content (AvgIpc) is 2.81. The molecule has 2 aliphatic rings. The van der Waals surface area contributed by atoms with E-state index in [-0.39, 0.29) is 11.6 Å². The fraction of sp³-hybridized carbons (Fsp3) is 0.600. The number of allylic oxidation sites excluding steroid dienone is 2. The molecule has 1 fully saturated rings. The van der Waals surface area contributed by atoms with Gasteiger partial charge >= 0.3 is 0 Å². The second-order valence-corrected chi connectivity index (χ2v) is 9.97. The largest absolute Gasteiger partial charge is 0.294 e. The van der Waals surface area contributed by atoms with Crippen LogP contribution in [-0.4, -0.2) is 11.6 Å². The molecule has 2 nitrogen and oxygen atoms in total. The first-order chi connectivity index (χ1) is 12.6. The molecule has 0 heterocycles. The van der Waals surface area contributed by atoms with Gasteiger partial charge in [0.1, 0.15) is 5.92 Å². The zero-order valence-corrected chi connectivity index (χ0v) is 17.8. The molecule has 1 aromatic rings. The first kappa shape index (κ1) is 20.0. The molecule has 0 saturated heterocycles. The SMILES string of the molecule is Cc1cc(C)c(C2C(=O)C=C(CC3CCC(C(C)(C)C)CC3)C2=O)c(C)c1. The second kappa shape index (κ2) is 7.37. The monoisotopic (exact) mass is 366 g/mol. The van der Waals surface area contributed by atoms with Crippen LogP contribution in [0.2, 0.25) is 0 Å². The summed E-state index contributed by atoms with van der Waals surface area (Å²) in [6, 6.07) is 4.16. The number of benzene rings is 1. The van der Waals surface area contributed by atoms with E-state index < -0.39 is 5.92 Å². The van der Waals surface area contributed by atoms with Crippen LogP contribution in [0.25, 0.3) is 0 Å². The summed E-state index contributed by atoms with van der Waals surface area (Å²) in [5.41, 5.74) is 5.35. The highest BCUT2D eigenvalue weighted by molar-refractivity contribution is 6.25. The van der Waals surface area contributed by atoms with Crippen molar-refractivity contribution in [2.24, 2.45) is 17.3 Å². The van der Waals surface area contributed by atoms with Gasteiger partial charge in [-0.2, -0.15) is 0 Å². The van der Waals surface area contributed by atoms with Crippen LogP contribution in [0.3, 0.4) is 0 Å². The number of hydrogen-bond donors (Lipinski definition) is 0. The van der Waals surface area contributed by atoms with E-state index in [2.05, 4.69) is 39.8 Å². The lowest BCUT2D eigenvalue weighted by atomic mass is 9.69. The number of rotatable bonds is 3. The molecule has 1 saturated carbocycles. The summed E-state index contributed by atoms with van der Waals surface area (Å²) < 4.78 is 0. The number of aryl methyl sites for hydroxylation is 3. The third-order valence-corrected chi connectivity index (χ3v) is 6.79. The highest BCUT2D eigenvalue weighted by Gasteiger charge is 2.39. The van der Waals surface area contributed by atoms with Crippen molar-refractivity contribution in [3.05, 3.63) is 46.0 Å². The van der Waals surface area contributed by atoms with Crippen LogP contribution in [0.15, 0.2) is 23.8 Å². The Morgan fingerprint density at radius 1 is 0.926 bits per heavy atom. The average molecular weight is 367 g/mol. The Balaban J connectivity index is 1.71. The fourth-order valence-electron chi connectivity index (χ4n) is 5.26. The van der Waals surface area contributed by atoms with Crippen LogP contribution in [-0.2, 0) is 9.59 Å². The number of carbonyl (C=O) groups excluding carboxylic acids is 2. The molecule has 146 valence electrons. The normalized spacial score (nSPS) is 26.4. The van der Waals surface area contributed by atoms with Crippen LogP contribution < -0.4 is 0 Å². The molecule has 0 aliphatic heterocycles. The van der Waals surface area contributed by atoms with E-state index >= 15 is 0 Å². The topological polar surface area (TPSA) is 34.1 Å². The lowest BCUT2D eigenvalue weighted by molar-refractivity contribution is -0.123. The Bertz CT molecular complexity index is 760. The van der Waals surface area contributed by atoms with Crippen LogP contribution in [0.1, 0.15) is 81.0 Å². The van der Waals surface area contributed by atoms with Crippen molar-refractivity contribution in [2.75, 3.05) is 0 Å². The lowest BCUT2D eigenvalue weighted by Crippen LogP contribution is -2.26. The predicted octanol–water partition coefficient (Wildman–Crippen LogP) is 6.02. The van der Waals surface area contributed by atoms with Gasteiger partial charge in [-0.05, 0) is 92.9 Å². The molecule has 0 bridgehead atoms. The van der Waals surface area contributed by atoms with Crippen molar-refractivity contribution >= 4 is 11.6 Å². The van der Waals surface area contributed by atoms with Crippen LogP contribution in [0, 0.1) is 38.0 Å². The van der Waals surface area contributed by atoms with Crippen molar-refractivity contribution in [1.82, 2.24) is 0 Å². The zero-order chi connectivity index (χ0) is 19.9. The van der Waals surface area contributed by atoms with E-state index in [4.69, 9.17) is 0 Å². The first-order valence-corrected chi connectivity index (χ1v) is 10.4. The Labute approximate surface area is 164 Å². The molecular weight excluding hydrogens is 332 g/mol. The molecule has 0 spiro atoms. The minimum Gasteiger partial charge on any atom is -0.294 e. The maximum absolute atomic E-state index is 13.1. The zero-order valence-electron chi connectivity index (χ0n) is 17.8. The summed E-state index contributed by atoms with van der Waals surface area (Å²) in [5.74, 6) is 0.743. The molecule has 0 amide bonds. The number of ketones is 2. The van der Waals surface area contributed by atoms with Crippen LogP contribution in [0.5, 0.6) is 0 Å². The molecule has 0 aromatic heterocycles. The standard InChI is InChI=1S/C25H34O2/c1-15-11-16(2)22(17(3)12-15)23-21(26)14-19(24(23)27)13-18-7-9-20(10-8-18)25(4,5)6/h11-12,14,18,20,23H,7-10,13H2,1-6H3. The highest BCUT2D eigenvalue weighted by Crippen LogP contribution is 2.43. The van der Waals surface area contributed by atoms with Gasteiger partial charge in [-0.1, -0.05) is 38.5 Å². The van der Waals surface area contributed by atoms with Gasteiger partial charge < -0.3 is 0 Å². The first-order valence-electron chi connectivity index (χ1n) is 10.4. The Morgan fingerprint density at radius 3 is 2.00 bits per heavy atom. The summed E-state index contributed by atoms with van der Waals surface area (Å²) in [6.45, 7) is 13.1. The maximum Gasteiger partial charge on any atom is 0.174 e. The molecule has 27 heavy (non-hydrogen) atoms. The number of Topliss-reactive ketones (excluding diaryl/α,β-unsaturated/α-hetero) is 1. The summed E-state index contributed by atoms with van der Waals surface area (Å²) >= 11 is 0. The second-order valence-electron chi connectivity index (χ2n) is 9.97. The summed E-state index contributed by atoms with van der Waals surface area (Å²) in [4.78, 5) is 25.8. The molecule has 0 radical (unpaired) electrons. The van der Waals surface area contributed by atoms with E-state index in [0.29, 0.717) is 11.3 Å². The molecular formula is C25H34O2. The Kier molecular flexibility index (Phi) is 5.47. The fourth-order valence-corrected chi connectivity index (χ4v) is 5.26. The van der Waals surface area contributed by atoms with Crippen molar-refractivity contribution in [2.45, 2.75) is 79.6 Å². The molecule has 1 aromatic carbocycles. The van der Waals surface area contributed by atoms with Gasteiger partial charge in [-0.25, -0.2) is 0 Å². The van der Waals surface area contributed by atoms with Gasteiger partial charge in [0.15, 0.2) is 11.6 Å². The number of carbonyl (C=O) groups is 2. The molecule has 3 rings (SSSR count). The van der Waals surface area contributed by atoms with E-state index in [1.54, 1.807) is 6.08 Å². The van der Waals surface area contributed by atoms with Crippen LogP contribution >= 0.6 is 0 Å². The third-order valence-electron chi connectivity index (χ3n) is 6.79. The van der Waals surface area contributed by atoms with Crippen molar-refractivity contribution in [1.29, 1.82) is 0 Å². The third kappa shape index (κ3) is 4.10. The van der Waals surface area contributed by atoms with E-state index in [9.17, 15) is 9.59 Å². The minimum atomic E-state index is -0.605. The predicted molar refractivity (Wildman–Crippen MR) is 111 cm³/mol. The van der Waals surface area contributed by atoms with Gasteiger partial charge in [0.25, 0.3) is 0 Å². The van der Waals surface area contributed by atoms with Crippen molar-refractivity contribution in [3.8, 4) is 0 Å². The Hall–Kier alpha value is -1.70. The molecule has 1 unspecified atom stereocenters. The summed E-state index contributed by atoms with van der Waals surface area (Å²) in [5, 5.41) is 0. The molecule has 1 atom stereocenters. The minimum absolute atomic E-state index is 0.0200. The number of hydrogen-bond acceptors (Lipinski definition) is 2. The summed E-state index contributed by atoms with van der Waals surface area (Å²) in [7, 11) is 0. The van der Waals surface area contributed by atoms with Gasteiger partial charge in [-0.3, -0.25) is 9.59 Å². The highest BCUT2D eigenvalue weighted by atomic mass is 16.2.